The molecule has 2 aromatic rings. The highest BCUT2D eigenvalue weighted by Crippen LogP contribution is 2.42. The fourth-order valence-electron chi connectivity index (χ4n) is 1.27. The van der Waals surface area contributed by atoms with Crippen LogP contribution in [0.3, 0.4) is 0 Å². The molecule has 0 aromatic carbocycles. The molecule has 66 valence electrons. The number of hydrogen-bond acceptors (Lipinski definition) is 5. The third-order valence-corrected chi connectivity index (χ3v) is 3.24. The van der Waals surface area contributed by atoms with Gasteiger partial charge in [0.15, 0.2) is 0 Å². The molecule has 0 unspecified atom stereocenters. The van der Waals surface area contributed by atoms with Crippen molar-refractivity contribution in [1.82, 2.24) is 15.0 Å². The second kappa shape index (κ2) is 2.38. The standard InChI is InChI=1S/C8H8N4S/c9-8-10-3-5-7(12-8)13-6(11-5)4-1-2-4/h3-4H,1-2H2,(H2,9,10,12). The van der Waals surface area contributed by atoms with Crippen molar-refractivity contribution in [3.05, 3.63) is 11.2 Å². The number of nitrogen functional groups attached to an aromatic ring is 1. The van der Waals surface area contributed by atoms with Gasteiger partial charge in [0.05, 0.1) is 11.2 Å². The zero-order valence-corrected chi connectivity index (χ0v) is 7.71. The van der Waals surface area contributed by atoms with Crippen LogP contribution in [-0.2, 0) is 0 Å². The summed E-state index contributed by atoms with van der Waals surface area (Å²) in [5.74, 6) is 1.01. The van der Waals surface area contributed by atoms with E-state index < -0.39 is 0 Å². The van der Waals surface area contributed by atoms with E-state index in [4.69, 9.17) is 5.73 Å². The third-order valence-electron chi connectivity index (χ3n) is 2.11. The highest BCUT2D eigenvalue weighted by atomic mass is 32.1. The number of nitrogens with zero attached hydrogens (tertiary/aromatic N) is 3. The van der Waals surface area contributed by atoms with Crippen LogP contribution in [0.15, 0.2) is 6.20 Å². The van der Waals surface area contributed by atoms with Gasteiger partial charge in [-0.15, -0.1) is 0 Å². The Morgan fingerprint density at radius 1 is 1.38 bits per heavy atom. The number of anilines is 1. The molecule has 0 radical (unpaired) electrons. The van der Waals surface area contributed by atoms with Crippen molar-refractivity contribution in [2.24, 2.45) is 0 Å². The highest BCUT2D eigenvalue weighted by molar-refractivity contribution is 7.18. The zero-order chi connectivity index (χ0) is 8.84. The lowest BCUT2D eigenvalue weighted by Crippen LogP contribution is -1.92. The van der Waals surface area contributed by atoms with Gasteiger partial charge in [-0.05, 0) is 12.8 Å². The molecule has 1 fully saturated rings. The molecule has 5 heteroatoms. The van der Waals surface area contributed by atoms with Crippen molar-refractivity contribution in [1.29, 1.82) is 0 Å². The average molecular weight is 192 g/mol. The van der Waals surface area contributed by atoms with Crippen LogP contribution in [-0.4, -0.2) is 15.0 Å². The van der Waals surface area contributed by atoms with E-state index in [1.807, 2.05) is 0 Å². The fraction of sp³-hybridized carbons (Fsp3) is 0.375. The number of fused-ring (bicyclic) bond motifs is 1. The molecule has 2 heterocycles. The molecule has 0 saturated heterocycles. The topological polar surface area (TPSA) is 64.7 Å². The van der Waals surface area contributed by atoms with Gasteiger partial charge in [-0.2, -0.15) is 0 Å². The molecular formula is C8H8N4S. The van der Waals surface area contributed by atoms with Crippen LogP contribution in [0.5, 0.6) is 0 Å². The summed E-state index contributed by atoms with van der Waals surface area (Å²) in [5, 5.41) is 1.19. The van der Waals surface area contributed by atoms with Crippen molar-refractivity contribution in [3.63, 3.8) is 0 Å². The molecule has 2 N–H and O–H groups in total. The second-order valence-corrected chi connectivity index (χ2v) is 4.25. The molecule has 0 bridgehead atoms. The summed E-state index contributed by atoms with van der Waals surface area (Å²) < 4.78 is 0. The van der Waals surface area contributed by atoms with E-state index in [-0.39, 0.29) is 0 Å². The van der Waals surface area contributed by atoms with Crippen LogP contribution in [0, 0.1) is 0 Å². The van der Waals surface area contributed by atoms with Gasteiger partial charge < -0.3 is 5.73 Å². The Morgan fingerprint density at radius 3 is 3.00 bits per heavy atom. The molecule has 4 nitrogen and oxygen atoms in total. The average Bonchev–Trinajstić information content (AvgIpc) is 2.87. The summed E-state index contributed by atoms with van der Waals surface area (Å²) in [6.07, 6.45) is 4.23. The zero-order valence-electron chi connectivity index (χ0n) is 6.90. The highest BCUT2D eigenvalue weighted by Gasteiger charge is 2.27. The third kappa shape index (κ3) is 1.16. The molecule has 0 amide bonds. The number of hydrogen-bond donors (Lipinski definition) is 1. The Kier molecular flexibility index (Phi) is 1.32. The van der Waals surface area contributed by atoms with Crippen LogP contribution < -0.4 is 5.73 Å². The van der Waals surface area contributed by atoms with E-state index in [1.54, 1.807) is 17.5 Å². The molecule has 0 atom stereocenters. The maximum Gasteiger partial charge on any atom is 0.221 e. The van der Waals surface area contributed by atoms with Crippen molar-refractivity contribution >= 4 is 27.6 Å². The van der Waals surface area contributed by atoms with Crippen molar-refractivity contribution in [2.75, 3.05) is 5.73 Å². The van der Waals surface area contributed by atoms with Gasteiger partial charge in [0.1, 0.15) is 10.3 Å². The van der Waals surface area contributed by atoms with Crippen LogP contribution in [0.2, 0.25) is 0 Å². The molecule has 0 spiro atoms. The maximum atomic E-state index is 5.48. The lowest BCUT2D eigenvalue weighted by molar-refractivity contribution is 1.09. The SMILES string of the molecule is Nc1ncc2nc(C3CC3)sc2n1. The minimum Gasteiger partial charge on any atom is -0.368 e. The smallest absolute Gasteiger partial charge is 0.221 e. The summed E-state index contributed by atoms with van der Waals surface area (Å²) >= 11 is 1.64. The summed E-state index contributed by atoms with van der Waals surface area (Å²) in [6, 6.07) is 0. The molecule has 1 aliphatic rings. The van der Waals surface area contributed by atoms with E-state index in [9.17, 15) is 0 Å². The Balaban J connectivity index is 2.20. The first kappa shape index (κ1) is 7.20. The lowest BCUT2D eigenvalue weighted by Gasteiger charge is -1.87. The quantitative estimate of drug-likeness (QED) is 0.744. The minimum absolute atomic E-state index is 0.332. The first-order valence-corrected chi connectivity index (χ1v) is 5.03. The van der Waals surface area contributed by atoms with E-state index >= 15 is 0 Å². The Labute approximate surface area is 78.8 Å². The predicted octanol–water partition coefficient (Wildman–Crippen LogP) is 1.55. The Hall–Kier alpha value is -1.23. The normalized spacial score (nSPS) is 16.6. The van der Waals surface area contributed by atoms with E-state index in [0.717, 1.165) is 10.3 Å². The van der Waals surface area contributed by atoms with Crippen LogP contribution in [0.25, 0.3) is 10.3 Å². The number of thiazole rings is 1. The number of rotatable bonds is 1. The molecule has 1 aliphatic carbocycles. The molecule has 1 saturated carbocycles. The van der Waals surface area contributed by atoms with E-state index in [1.165, 1.54) is 17.8 Å². The first-order chi connectivity index (χ1) is 6.33. The molecule has 13 heavy (non-hydrogen) atoms. The molecule has 3 rings (SSSR count). The Morgan fingerprint density at radius 2 is 2.23 bits per heavy atom. The molecule has 0 aliphatic heterocycles. The van der Waals surface area contributed by atoms with Gasteiger partial charge in [-0.1, -0.05) is 11.3 Å². The molecular weight excluding hydrogens is 184 g/mol. The van der Waals surface area contributed by atoms with Gasteiger partial charge in [0.25, 0.3) is 0 Å². The van der Waals surface area contributed by atoms with Gasteiger partial charge in [-0.25, -0.2) is 15.0 Å². The Bertz CT molecular complexity index is 460. The maximum absolute atomic E-state index is 5.48. The first-order valence-electron chi connectivity index (χ1n) is 4.22. The van der Waals surface area contributed by atoms with Crippen molar-refractivity contribution in [2.45, 2.75) is 18.8 Å². The monoisotopic (exact) mass is 192 g/mol. The second-order valence-electron chi connectivity index (χ2n) is 3.24. The van der Waals surface area contributed by atoms with Gasteiger partial charge >= 0.3 is 0 Å². The lowest BCUT2D eigenvalue weighted by atomic mass is 10.4. The van der Waals surface area contributed by atoms with Gasteiger partial charge in [-0.3, -0.25) is 0 Å². The number of nitrogens with two attached hydrogens (primary N) is 1. The number of aromatic nitrogens is 3. The molecule has 2 aromatic heterocycles. The van der Waals surface area contributed by atoms with Crippen molar-refractivity contribution < 1.29 is 0 Å². The van der Waals surface area contributed by atoms with Crippen LogP contribution in [0.4, 0.5) is 5.95 Å². The summed E-state index contributed by atoms with van der Waals surface area (Å²) in [7, 11) is 0. The summed E-state index contributed by atoms with van der Waals surface area (Å²) in [5.41, 5.74) is 6.36. The minimum atomic E-state index is 0.332. The summed E-state index contributed by atoms with van der Waals surface area (Å²) in [6.45, 7) is 0. The van der Waals surface area contributed by atoms with E-state index in [2.05, 4.69) is 15.0 Å². The predicted molar refractivity (Wildman–Crippen MR) is 51.6 cm³/mol. The van der Waals surface area contributed by atoms with Gasteiger partial charge in [0, 0.05) is 5.92 Å². The summed E-state index contributed by atoms with van der Waals surface area (Å²) in [4.78, 5) is 13.4. The largest absolute Gasteiger partial charge is 0.368 e. The van der Waals surface area contributed by atoms with Crippen LogP contribution >= 0.6 is 11.3 Å². The van der Waals surface area contributed by atoms with Crippen LogP contribution in [0.1, 0.15) is 23.8 Å². The fourth-order valence-corrected chi connectivity index (χ4v) is 2.36. The van der Waals surface area contributed by atoms with E-state index in [0.29, 0.717) is 11.9 Å². The van der Waals surface area contributed by atoms with Crippen molar-refractivity contribution in [3.8, 4) is 0 Å². The van der Waals surface area contributed by atoms with Gasteiger partial charge in [0.2, 0.25) is 5.95 Å².